The molecule has 1 rings (SSSR count). The lowest BCUT2D eigenvalue weighted by Crippen LogP contribution is -2.31. The SMILES string of the molecule is Cc1cc(NCCCCC(C)(C)/C(N)=N/O)cc(C)c1Br. The lowest BCUT2D eigenvalue weighted by molar-refractivity contribution is 0.304. The Hall–Kier alpha value is -1.23. The molecule has 0 aliphatic rings. The number of amidine groups is 1. The predicted molar refractivity (Wildman–Crippen MR) is 93.1 cm³/mol. The van der Waals surface area contributed by atoms with E-state index in [1.165, 1.54) is 15.6 Å². The molecule has 0 unspecified atom stereocenters. The third-order valence-electron chi connectivity index (χ3n) is 3.80. The third-order valence-corrected chi connectivity index (χ3v) is 5.05. The number of nitrogens with zero attached hydrogens (tertiary/aromatic N) is 1. The summed E-state index contributed by atoms with van der Waals surface area (Å²) in [6.45, 7) is 9.12. The highest BCUT2D eigenvalue weighted by atomic mass is 79.9. The van der Waals surface area contributed by atoms with E-state index in [1.54, 1.807) is 0 Å². The zero-order valence-corrected chi connectivity index (χ0v) is 14.9. The van der Waals surface area contributed by atoms with Gasteiger partial charge >= 0.3 is 0 Å². The van der Waals surface area contributed by atoms with Gasteiger partial charge in [-0.1, -0.05) is 41.4 Å². The van der Waals surface area contributed by atoms with Crippen molar-refractivity contribution in [2.45, 2.75) is 47.0 Å². The number of rotatable bonds is 7. The highest BCUT2D eigenvalue weighted by Crippen LogP contribution is 2.26. The van der Waals surface area contributed by atoms with Crippen molar-refractivity contribution in [1.82, 2.24) is 0 Å². The highest BCUT2D eigenvalue weighted by Gasteiger charge is 2.22. The van der Waals surface area contributed by atoms with Crippen LogP contribution < -0.4 is 11.1 Å². The molecule has 0 radical (unpaired) electrons. The van der Waals surface area contributed by atoms with Crippen molar-refractivity contribution in [1.29, 1.82) is 0 Å². The molecule has 0 aliphatic carbocycles. The Morgan fingerprint density at radius 3 is 2.38 bits per heavy atom. The fraction of sp³-hybridized carbons (Fsp3) is 0.562. The van der Waals surface area contributed by atoms with Gasteiger partial charge in [-0.2, -0.15) is 0 Å². The lowest BCUT2D eigenvalue weighted by Gasteiger charge is -2.22. The summed E-state index contributed by atoms with van der Waals surface area (Å²) >= 11 is 3.58. The Labute approximate surface area is 135 Å². The second-order valence-corrected chi connectivity index (χ2v) is 6.97. The number of hydrogen-bond donors (Lipinski definition) is 3. The number of oxime groups is 1. The molecular weight excluding hydrogens is 330 g/mol. The Balaban J connectivity index is 2.39. The largest absolute Gasteiger partial charge is 0.409 e. The first-order chi connectivity index (χ1) is 9.77. The van der Waals surface area contributed by atoms with E-state index < -0.39 is 0 Å². The molecule has 0 atom stereocenters. The second kappa shape index (κ2) is 7.69. The van der Waals surface area contributed by atoms with Gasteiger partial charge in [0.05, 0.1) is 0 Å². The molecule has 5 heteroatoms. The maximum absolute atomic E-state index is 8.74. The average molecular weight is 356 g/mol. The van der Waals surface area contributed by atoms with E-state index >= 15 is 0 Å². The van der Waals surface area contributed by atoms with Gasteiger partial charge in [-0.05, 0) is 49.9 Å². The molecule has 0 heterocycles. The van der Waals surface area contributed by atoms with E-state index in [4.69, 9.17) is 10.9 Å². The van der Waals surface area contributed by atoms with Crippen molar-refractivity contribution in [2.24, 2.45) is 16.3 Å². The monoisotopic (exact) mass is 355 g/mol. The molecular formula is C16H26BrN3O. The van der Waals surface area contributed by atoms with Crippen LogP contribution in [0.3, 0.4) is 0 Å². The van der Waals surface area contributed by atoms with Crippen molar-refractivity contribution < 1.29 is 5.21 Å². The van der Waals surface area contributed by atoms with Crippen molar-refractivity contribution in [2.75, 3.05) is 11.9 Å². The van der Waals surface area contributed by atoms with Crippen molar-refractivity contribution in [3.8, 4) is 0 Å². The summed E-state index contributed by atoms with van der Waals surface area (Å²) in [6, 6.07) is 4.30. The maximum atomic E-state index is 8.74. The van der Waals surface area contributed by atoms with Crippen LogP contribution in [0.25, 0.3) is 0 Å². The first kappa shape index (κ1) is 17.8. The van der Waals surface area contributed by atoms with E-state index in [2.05, 4.69) is 52.4 Å². The molecule has 1 aromatic carbocycles. The number of nitrogens with two attached hydrogens (primary N) is 1. The van der Waals surface area contributed by atoms with Gasteiger partial charge in [0, 0.05) is 22.1 Å². The molecule has 0 spiro atoms. The van der Waals surface area contributed by atoms with Gasteiger partial charge in [-0.3, -0.25) is 0 Å². The fourth-order valence-corrected chi connectivity index (χ4v) is 2.46. The van der Waals surface area contributed by atoms with E-state index in [0.29, 0.717) is 5.84 Å². The number of nitrogens with one attached hydrogen (secondary N) is 1. The van der Waals surface area contributed by atoms with Crippen LogP contribution in [0.5, 0.6) is 0 Å². The molecule has 118 valence electrons. The number of benzene rings is 1. The van der Waals surface area contributed by atoms with Crippen LogP contribution in [0.2, 0.25) is 0 Å². The number of anilines is 1. The van der Waals surface area contributed by atoms with Gasteiger partial charge in [0.2, 0.25) is 0 Å². The second-order valence-electron chi connectivity index (χ2n) is 6.18. The molecule has 1 aromatic rings. The Kier molecular flexibility index (Phi) is 6.52. The van der Waals surface area contributed by atoms with Crippen LogP contribution in [0, 0.1) is 19.3 Å². The van der Waals surface area contributed by atoms with Gasteiger partial charge in [0.1, 0.15) is 5.84 Å². The van der Waals surface area contributed by atoms with Gasteiger partial charge < -0.3 is 16.3 Å². The van der Waals surface area contributed by atoms with Crippen molar-refractivity contribution in [3.63, 3.8) is 0 Å². The summed E-state index contributed by atoms with van der Waals surface area (Å²) in [5.41, 5.74) is 9.07. The van der Waals surface area contributed by atoms with Crippen LogP contribution in [0.15, 0.2) is 21.8 Å². The minimum atomic E-state index is -0.250. The summed E-state index contributed by atoms with van der Waals surface area (Å²) in [5, 5.41) is 15.3. The quantitative estimate of drug-likeness (QED) is 0.223. The van der Waals surface area contributed by atoms with Crippen LogP contribution in [0.1, 0.15) is 44.2 Å². The predicted octanol–water partition coefficient (Wildman–Crippen LogP) is 4.42. The third kappa shape index (κ3) is 5.23. The molecule has 4 N–H and O–H groups in total. The van der Waals surface area contributed by atoms with E-state index in [-0.39, 0.29) is 5.41 Å². The highest BCUT2D eigenvalue weighted by molar-refractivity contribution is 9.10. The number of halogens is 1. The fourth-order valence-electron chi connectivity index (χ4n) is 2.24. The molecule has 0 saturated carbocycles. The number of aryl methyl sites for hydroxylation is 2. The molecule has 0 aromatic heterocycles. The number of hydrogen-bond acceptors (Lipinski definition) is 3. The molecule has 0 amide bonds. The lowest BCUT2D eigenvalue weighted by atomic mass is 9.86. The van der Waals surface area contributed by atoms with Crippen LogP contribution in [0.4, 0.5) is 5.69 Å². The summed E-state index contributed by atoms with van der Waals surface area (Å²) in [4.78, 5) is 0. The Morgan fingerprint density at radius 1 is 1.29 bits per heavy atom. The Bertz CT molecular complexity index is 489. The van der Waals surface area contributed by atoms with Crippen LogP contribution in [-0.2, 0) is 0 Å². The van der Waals surface area contributed by atoms with Gasteiger partial charge in [0.15, 0.2) is 0 Å². The van der Waals surface area contributed by atoms with Crippen LogP contribution in [-0.4, -0.2) is 17.6 Å². The standard InChI is InChI=1S/C16H26BrN3O/c1-11-9-13(10-12(2)14(11)17)19-8-6-5-7-16(3,4)15(18)20-21/h9-10,19,21H,5-8H2,1-4H3,(H2,18,20). The molecule has 4 nitrogen and oxygen atoms in total. The zero-order chi connectivity index (χ0) is 16.0. The first-order valence-corrected chi connectivity index (χ1v) is 8.06. The summed E-state index contributed by atoms with van der Waals surface area (Å²) in [5.74, 6) is 0.301. The molecule has 21 heavy (non-hydrogen) atoms. The van der Waals surface area contributed by atoms with Gasteiger partial charge in [-0.15, -0.1) is 0 Å². The zero-order valence-electron chi connectivity index (χ0n) is 13.3. The minimum absolute atomic E-state index is 0.250. The molecule has 0 bridgehead atoms. The molecule has 0 aliphatic heterocycles. The minimum Gasteiger partial charge on any atom is -0.409 e. The van der Waals surface area contributed by atoms with Crippen LogP contribution >= 0.6 is 15.9 Å². The van der Waals surface area contributed by atoms with Crippen molar-refractivity contribution in [3.05, 3.63) is 27.7 Å². The summed E-state index contributed by atoms with van der Waals surface area (Å²) in [6.07, 6.45) is 2.99. The van der Waals surface area contributed by atoms with Crippen molar-refractivity contribution >= 4 is 27.5 Å². The normalized spacial score (nSPS) is 12.5. The molecule has 0 saturated heterocycles. The maximum Gasteiger partial charge on any atom is 0.144 e. The van der Waals surface area contributed by atoms with Gasteiger partial charge in [-0.25, -0.2) is 0 Å². The summed E-state index contributed by atoms with van der Waals surface area (Å²) in [7, 11) is 0. The van der Waals surface area contributed by atoms with E-state index in [0.717, 1.165) is 31.5 Å². The van der Waals surface area contributed by atoms with E-state index in [9.17, 15) is 0 Å². The average Bonchev–Trinajstić information content (AvgIpc) is 2.43. The first-order valence-electron chi connectivity index (χ1n) is 7.26. The topological polar surface area (TPSA) is 70.6 Å². The Morgan fingerprint density at radius 2 is 1.86 bits per heavy atom. The smallest absolute Gasteiger partial charge is 0.144 e. The van der Waals surface area contributed by atoms with E-state index in [1.807, 2.05) is 13.8 Å². The number of unbranched alkanes of at least 4 members (excludes halogenated alkanes) is 1. The molecule has 0 fully saturated rings. The summed E-state index contributed by atoms with van der Waals surface area (Å²) < 4.78 is 1.17. The van der Waals surface area contributed by atoms with Gasteiger partial charge in [0.25, 0.3) is 0 Å².